The van der Waals surface area contributed by atoms with Crippen LogP contribution in [0.5, 0.6) is 0 Å². The second-order valence-corrected chi connectivity index (χ2v) is 4.50. The van der Waals surface area contributed by atoms with Gasteiger partial charge in [0, 0.05) is 5.92 Å². The topological polar surface area (TPSA) is 90.7 Å². The highest BCUT2D eigenvalue weighted by molar-refractivity contribution is 5.27. The van der Waals surface area contributed by atoms with Crippen LogP contribution in [0.1, 0.15) is 39.4 Å². The van der Waals surface area contributed by atoms with Crippen molar-refractivity contribution in [3.8, 4) is 0 Å². The molecule has 4 N–H and O–H groups in total. The van der Waals surface area contributed by atoms with E-state index in [2.05, 4.69) is 35.7 Å². The van der Waals surface area contributed by atoms with E-state index in [1.165, 1.54) is 0 Å². The molecular weight excluding hydrogens is 178 g/mol. The number of rotatable bonds is 1. The van der Waals surface area contributed by atoms with E-state index in [1.54, 1.807) is 0 Å². The van der Waals surface area contributed by atoms with E-state index in [-0.39, 0.29) is 23.2 Å². The second-order valence-electron chi connectivity index (χ2n) is 4.50. The van der Waals surface area contributed by atoms with Crippen molar-refractivity contribution in [2.24, 2.45) is 5.41 Å². The molecule has 0 aliphatic rings. The molecule has 0 saturated heterocycles. The van der Waals surface area contributed by atoms with Crippen LogP contribution in [-0.4, -0.2) is 15.0 Å². The molecule has 0 saturated carbocycles. The summed E-state index contributed by atoms with van der Waals surface area (Å²) in [7, 11) is 0. The van der Waals surface area contributed by atoms with Crippen LogP contribution in [0.3, 0.4) is 0 Å². The molecule has 0 radical (unpaired) electrons. The molecule has 1 rings (SSSR count). The predicted octanol–water partition coefficient (Wildman–Crippen LogP) is 1.19. The van der Waals surface area contributed by atoms with Gasteiger partial charge in [-0.2, -0.15) is 15.0 Å². The van der Waals surface area contributed by atoms with E-state index in [4.69, 9.17) is 11.5 Å². The normalized spacial score (nSPS) is 14.0. The van der Waals surface area contributed by atoms with Gasteiger partial charge >= 0.3 is 0 Å². The molecule has 1 aromatic rings. The Morgan fingerprint density at radius 3 is 1.79 bits per heavy atom. The standard InChI is InChI=1S/C9H17N5/c1-5(9(2,3)4)6-12-7(10)14-8(11)13-6/h5H,1-4H3,(H4,10,11,12,13,14). The molecule has 0 spiro atoms. The summed E-state index contributed by atoms with van der Waals surface area (Å²) in [5, 5.41) is 0. The summed E-state index contributed by atoms with van der Waals surface area (Å²) in [6.07, 6.45) is 0. The molecule has 0 aromatic carbocycles. The van der Waals surface area contributed by atoms with Crippen LogP contribution in [0, 0.1) is 5.41 Å². The second kappa shape index (κ2) is 3.40. The van der Waals surface area contributed by atoms with Gasteiger partial charge in [-0.15, -0.1) is 0 Å². The highest BCUT2D eigenvalue weighted by Gasteiger charge is 2.24. The maximum Gasteiger partial charge on any atom is 0.225 e. The molecule has 0 bridgehead atoms. The van der Waals surface area contributed by atoms with Gasteiger partial charge < -0.3 is 11.5 Å². The third-order valence-corrected chi connectivity index (χ3v) is 2.37. The molecule has 1 heterocycles. The van der Waals surface area contributed by atoms with E-state index in [0.29, 0.717) is 5.82 Å². The van der Waals surface area contributed by atoms with E-state index in [1.807, 2.05) is 6.92 Å². The molecule has 5 nitrogen and oxygen atoms in total. The van der Waals surface area contributed by atoms with Crippen LogP contribution in [0.2, 0.25) is 0 Å². The van der Waals surface area contributed by atoms with Crippen LogP contribution in [0.4, 0.5) is 11.9 Å². The maximum atomic E-state index is 5.50. The van der Waals surface area contributed by atoms with Gasteiger partial charge in [0.1, 0.15) is 5.82 Å². The van der Waals surface area contributed by atoms with Crippen molar-refractivity contribution in [2.45, 2.75) is 33.6 Å². The highest BCUT2D eigenvalue weighted by Crippen LogP contribution is 2.32. The third-order valence-electron chi connectivity index (χ3n) is 2.37. The molecule has 14 heavy (non-hydrogen) atoms. The van der Waals surface area contributed by atoms with Crippen molar-refractivity contribution in [1.29, 1.82) is 0 Å². The number of hydrogen-bond donors (Lipinski definition) is 2. The Morgan fingerprint density at radius 1 is 1.00 bits per heavy atom. The molecule has 5 heteroatoms. The molecule has 78 valence electrons. The van der Waals surface area contributed by atoms with Crippen molar-refractivity contribution in [1.82, 2.24) is 15.0 Å². The fraction of sp³-hybridized carbons (Fsp3) is 0.667. The Bertz CT molecular complexity index is 308. The lowest BCUT2D eigenvalue weighted by Gasteiger charge is -2.25. The minimum absolute atomic E-state index is 0.0836. The Hall–Kier alpha value is -1.39. The highest BCUT2D eigenvalue weighted by atomic mass is 15.1. The summed E-state index contributed by atoms with van der Waals surface area (Å²) in [5.74, 6) is 1.21. The number of aromatic nitrogens is 3. The number of nitrogens with zero attached hydrogens (tertiary/aromatic N) is 3. The molecule has 1 aromatic heterocycles. The van der Waals surface area contributed by atoms with E-state index in [9.17, 15) is 0 Å². The number of anilines is 2. The molecule has 1 atom stereocenters. The van der Waals surface area contributed by atoms with Crippen LogP contribution < -0.4 is 11.5 Å². The lowest BCUT2D eigenvalue weighted by Crippen LogP contribution is -2.19. The van der Waals surface area contributed by atoms with Crippen LogP contribution in [0.25, 0.3) is 0 Å². The zero-order valence-electron chi connectivity index (χ0n) is 9.07. The smallest absolute Gasteiger partial charge is 0.225 e. The average molecular weight is 195 g/mol. The fourth-order valence-corrected chi connectivity index (χ4v) is 1.01. The van der Waals surface area contributed by atoms with Gasteiger partial charge in [-0.25, -0.2) is 0 Å². The van der Waals surface area contributed by atoms with Gasteiger partial charge in [0.2, 0.25) is 11.9 Å². The summed E-state index contributed by atoms with van der Waals surface area (Å²) in [6, 6.07) is 0. The lowest BCUT2D eigenvalue weighted by molar-refractivity contribution is 0.328. The maximum absolute atomic E-state index is 5.50. The molecule has 0 aliphatic carbocycles. The first kappa shape index (κ1) is 10.7. The van der Waals surface area contributed by atoms with Gasteiger partial charge in [0.05, 0.1) is 0 Å². The van der Waals surface area contributed by atoms with Gasteiger partial charge in [-0.1, -0.05) is 27.7 Å². The van der Waals surface area contributed by atoms with Crippen molar-refractivity contribution in [3.63, 3.8) is 0 Å². The Labute approximate surface area is 84.0 Å². The van der Waals surface area contributed by atoms with Crippen molar-refractivity contribution in [2.75, 3.05) is 11.5 Å². The molecule has 0 fully saturated rings. The summed E-state index contributed by atoms with van der Waals surface area (Å²) < 4.78 is 0. The van der Waals surface area contributed by atoms with Gasteiger partial charge in [-0.3, -0.25) is 0 Å². The SMILES string of the molecule is CC(c1nc(N)nc(N)n1)C(C)(C)C. The van der Waals surface area contributed by atoms with E-state index >= 15 is 0 Å². The Morgan fingerprint density at radius 2 is 1.43 bits per heavy atom. The van der Waals surface area contributed by atoms with Crippen LogP contribution in [0.15, 0.2) is 0 Å². The van der Waals surface area contributed by atoms with E-state index in [0.717, 1.165) is 0 Å². The largest absolute Gasteiger partial charge is 0.368 e. The first-order valence-electron chi connectivity index (χ1n) is 4.57. The zero-order chi connectivity index (χ0) is 10.9. The summed E-state index contributed by atoms with van der Waals surface area (Å²) in [4.78, 5) is 11.9. The number of nitrogens with two attached hydrogens (primary N) is 2. The molecular formula is C9H17N5. The van der Waals surface area contributed by atoms with Crippen LogP contribution in [-0.2, 0) is 0 Å². The Balaban J connectivity index is 3.07. The summed E-state index contributed by atoms with van der Waals surface area (Å²) in [6.45, 7) is 8.41. The van der Waals surface area contributed by atoms with Crippen molar-refractivity contribution >= 4 is 11.9 Å². The predicted molar refractivity (Wildman–Crippen MR) is 56.5 cm³/mol. The van der Waals surface area contributed by atoms with Crippen molar-refractivity contribution < 1.29 is 0 Å². The zero-order valence-corrected chi connectivity index (χ0v) is 9.07. The average Bonchev–Trinajstić information content (AvgIpc) is 1.99. The fourth-order valence-electron chi connectivity index (χ4n) is 1.01. The lowest BCUT2D eigenvalue weighted by atomic mass is 9.81. The van der Waals surface area contributed by atoms with Gasteiger partial charge in [-0.05, 0) is 5.41 Å². The van der Waals surface area contributed by atoms with Crippen molar-refractivity contribution in [3.05, 3.63) is 5.82 Å². The third kappa shape index (κ3) is 2.31. The minimum atomic E-state index is 0.0836. The van der Waals surface area contributed by atoms with Gasteiger partial charge in [0.15, 0.2) is 0 Å². The van der Waals surface area contributed by atoms with Crippen LogP contribution >= 0.6 is 0 Å². The van der Waals surface area contributed by atoms with E-state index < -0.39 is 0 Å². The quantitative estimate of drug-likeness (QED) is 0.702. The summed E-state index contributed by atoms with van der Waals surface area (Å²) >= 11 is 0. The molecule has 0 aliphatic heterocycles. The molecule has 1 unspecified atom stereocenters. The monoisotopic (exact) mass is 195 g/mol. The summed E-state index contributed by atoms with van der Waals surface area (Å²) in [5.41, 5.74) is 11.1. The van der Waals surface area contributed by atoms with Gasteiger partial charge in [0.25, 0.3) is 0 Å². The first-order chi connectivity index (χ1) is 6.30. The minimum Gasteiger partial charge on any atom is -0.368 e. The number of hydrogen-bond acceptors (Lipinski definition) is 5. The number of nitrogen functional groups attached to an aromatic ring is 2. The Kier molecular flexibility index (Phi) is 2.59. The first-order valence-corrected chi connectivity index (χ1v) is 4.57. The molecule has 0 amide bonds.